The highest BCUT2D eigenvalue weighted by atomic mass is 16.6. The van der Waals surface area contributed by atoms with Crippen molar-refractivity contribution >= 4 is 23.5 Å². The molecule has 11 heteroatoms. The lowest BCUT2D eigenvalue weighted by molar-refractivity contribution is -0.160. The van der Waals surface area contributed by atoms with Crippen LogP contribution in [0.5, 0.6) is 0 Å². The number of carbonyl (C=O) groups is 4. The average Bonchev–Trinajstić information content (AvgIpc) is 3.27. The van der Waals surface area contributed by atoms with Crippen LogP contribution in [0.3, 0.4) is 0 Å². The van der Waals surface area contributed by atoms with E-state index in [-0.39, 0.29) is 42.0 Å². The van der Waals surface area contributed by atoms with Gasteiger partial charge in [-0.05, 0) is 24.5 Å². The molecule has 4 N–H and O–H groups in total. The Hall–Kier alpha value is -3.80. The quantitative estimate of drug-likeness (QED) is 0.257. The van der Waals surface area contributed by atoms with Crippen LogP contribution in [-0.4, -0.2) is 77.4 Å². The Morgan fingerprint density at radius 3 is 2.53 bits per heavy atom. The Morgan fingerprint density at radius 1 is 1.21 bits per heavy atom. The number of rotatable bonds is 8. The fourth-order valence-corrected chi connectivity index (χ4v) is 7.41. The summed E-state index contributed by atoms with van der Waals surface area (Å²) in [4.78, 5) is 52.9. The molecule has 4 aliphatic rings. The molecule has 0 spiro atoms. The van der Waals surface area contributed by atoms with Crippen LogP contribution in [-0.2, 0) is 33.4 Å². The van der Waals surface area contributed by atoms with Gasteiger partial charge in [0.25, 0.3) is 0 Å². The summed E-state index contributed by atoms with van der Waals surface area (Å²) in [7, 11) is 1.42. The zero-order chi connectivity index (χ0) is 31.3. The molecule has 0 radical (unpaired) electrons. The topological polar surface area (TPSA) is 169 Å². The largest absolute Gasteiger partial charge is 0.504 e. The second kappa shape index (κ2) is 11.4. The molecule has 0 amide bonds. The molecule has 5 rings (SSSR count). The number of methoxy groups -OCH3 is 1. The average molecular weight is 596 g/mol. The first-order valence-corrected chi connectivity index (χ1v) is 14.3. The number of aliphatic hydroxyl groups is 3. The van der Waals surface area contributed by atoms with Gasteiger partial charge in [0.2, 0.25) is 5.78 Å². The fraction of sp³-hybridized carbons (Fsp3) is 0.500. The van der Waals surface area contributed by atoms with Gasteiger partial charge < -0.3 is 34.8 Å². The normalized spacial score (nSPS) is 32.6. The Morgan fingerprint density at radius 2 is 1.91 bits per heavy atom. The summed E-state index contributed by atoms with van der Waals surface area (Å²) in [6.45, 7) is 4.07. The molecule has 7 atom stereocenters. The first-order chi connectivity index (χ1) is 20.4. The summed E-state index contributed by atoms with van der Waals surface area (Å²) in [5, 5.41) is 35.4. The number of esters is 2. The summed E-state index contributed by atoms with van der Waals surface area (Å²) in [5.41, 5.74) is -1.51. The van der Waals surface area contributed by atoms with Gasteiger partial charge in [0.05, 0.1) is 30.2 Å². The maximum Gasteiger partial charge on any atom is 0.340 e. The van der Waals surface area contributed by atoms with Crippen LogP contribution >= 0.6 is 0 Å². The number of allylic oxidation sites excluding steroid dienone is 1. The second-order valence-electron chi connectivity index (χ2n) is 12.0. The van der Waals surface area contributed by atoms with Crippen molar-refractivity contribution in [1.82, 2.24) is 5.32 Å². The Balaban J connectivity index is 1.66. The van der Waals surface area contributed by atoms with Crippen molar-refractivity contribution in [2.24, 2.45) is 16.7 Å². The molecule has 0 bridgehead atoms. The van der Waals surface area contributed by atoms with E-state index < -0.39 is 71.2 Å². The number of Topliss-reactive ketones (excluding diaryl/α,β-unsaturated/α-hetero) is 2. The standard InChI is InChI=1S/C32H37NO10/c1-16(35)42-21-12-31(2)19(10-11-22(31)36)24-26(21)32(3)23(15-41-4)43-30(40)18(25(32)29(39)28(24)38)13-33-20(14-34)27(37)17-8-6-5-7-9-17/h5-9,13,19-21,23,27,33-34,37,39H,10-12,14-15H2,1-4H3/b18-13-/t19-,20-,21+,23+,27-,31-,32-/m0/s1. The van der Waals surface area contributed by atoms with Gasteiger partial charge in [0, 0.05) is 55.6 Å². The number of carbonyl (C=O) groups excluding carboxylic acids is 4. The van der Waals surface area contributed by atoms with Crippen molar-refractivity contribution in [3.63, 3.8) is 0 Å². The van der Waals surface area contributed by atoms with Crippen LogP contribution in [0.2, 0.25) is 0 Å². The predicted octanol–water partition coefficient (Wildman–Crippen LogP) is 2.14. The Labute approximate surface area is 249 Å². The van der Waals surface area contributed by atoms with Crippen molar-refractivity contribution in [2.75, 3.05) is 20.3 Å². The van der Waals surface area contributed by atoms with Crippen molar-refractivity contribution in [3.8, 4) is 0 Å². The van der Waals surface area contributed by atoms with Gasteiger partial charge in [-0.3, -0.25) is 14.4 Å². The van der Waals surface area contributed by atoms with E-state index in [0.717, 1.165) is 0 Å². The van der Waals surface area contributed by atoms with Crippen molar-refractivity contribution in [3.05, 3.63) is 70.1 Å². The molecule has 1 aromatic rings. The fourth-order valence-electron chi connectivity index (χ4n) is 7.41. The molecule has 230 valence electrons. The minimum atomic E-state index is -1.40. The minimum absolute atomic E-state index is 0.0435. The molecular weight excluding hydrogens is 558 g/mol. The first kappa shape index (κ1) is 30.7. The van der Waals surface area contributed by atoms with Gasteiger partial charge in [0.1, 0.15) is 24.1 Å². The molecule has 3 aliphatic carbocycles. The highest BCUT2D eigenvalue weighted by Gasteiger charge is 2.64. The summed E-state index contributed by atoms with van der Waals surface area (Å²) in [6, 6.07) is 7.66. The summed E-state index contributed by atoms with van der Waals surface area (Å²) in [5.74, 6) is -3.48. The molecule has 2 fully saturated rings. The van der Waals surface area contributed by atoms with Crippen molar-refractivity contribution in [1.29, 1.82) is 0 Å². The highest BCUT2D eigenvalue weighted by Crippen LogP contribution is 2.62. The number of hydrogen-bond acceptors (Lipinski definition) is 11. The first-order valence-electron chi connectivity index (χ1n) is 14.3. The van der Waals surface area contributed by atoms with E-state index in [4.69, 9.17) is 14.2 Å². The third kappa shape index (κ3) is 4.79. The van der Waals surface area contributed by atoms with Gasteiger partial charge in [-0.2, -0.15) is 0 Å². The number of aliphatic hydroxyl groups excluding tert-OH is 3. The molecule has 0 unspecified atom stereocenters. The molecule has 11 nitrogen and oxygen atoms in total. The lowest BCUT2D eigenvalue weighted by Crippen LogP contribution is -2.57. The van der Waals surface area contributed by atoms with Crippen molar-refractivity contribution < 1.29 is 48.7 Å². The lowest BCUT2D eigenvalue weighted by atomic mass is 9.53. The number of benzene rings is 1. The number of cyclic esters (lactones) is 1. The zero-order valence-corrected chi connectivity index (χ0v) is 24.6. The van der Waals surface area contributed by atoms with E-state index in [1.165, 1.54) is 20.2 Å². The molecule has 43 heavy (non-hydrogen) atoms. The van der Waals surface area contributed by atoms with Gasteiger partial charge in [-0.1, -0.05) is 37.3 Å². The van der Waals surface area contributed by atoms with Gasteiger partial charge in [-0.25, -0.2) is 4.79 Å². The Bertz CT molecular complexity index is 1440. The molecule has 1 aliphatic heterocycles. The number of nitrogens with one attached hydrogen (secondary N) is 1. The summed E-state index contributed by atoms with van der Waals surface area (Å²) in [6.07, 6.45) is -1.22. The molecule has 1 heterocycles. The van der Waals surface area contributed by atoms with Crippen molar-refractivity contribution in [2.45, 2.75) is 64.4 Å². The predicted molar refractivity (Wildman–Crippen MR) is 151 cm³/mol. The van der Waals surface area contributed by atoms with Gasteiger partial charge in [-0.15, -0.1) is 0 Å². The molecular formula is C32H37NO10. The maximum absolute atomic E-state index is 14.1. The third-order valence-electron chi connectivity index (χ3n) is 9.58. The van der Waals surface area contributed by atoms with Crippen LogP contribution in [0.1, 0.15) is 51.7 Å². The van der Waals surface area contributed by atoms with E-state index >= 15 is 0 Å². The number of fused-ring (bicyclic) bond motifs is 4. The number of ether oxygens (including phenoxy) is 3. The third-order valence-corrected chi connectivity index (χ3v) is 9.58. The monoisotopic (exact) mass is 595 g/mol. The van der Waals surface area contributed by atoms with E-state index in [9.17, 15) is 34.5 Å². The number of hydrogen-bond donors (Lipinski definition) is 4. The summed E-state index contributed by atoms with van der Waals surface area (Å²) >= 11 is 0. The molecule has 0 aromatic heterocycles. The maximum atomic E-state index is 14.1. The van der Waals surface area contributed by atoms with Gasteiger partial charge >= 0.3 is 11.9 Å². The Kier molecular flexibility index (Phi) is 8.10. The minimum Gasteiger partial charge on any atom is -0.504 e. The molecule has 1 saturated heterocycles. The molecule has 1 aromatic carbocycles. The highest BCUT2D eigenvalue weighted by molar-refractivity contribution is 6.14. The smallest absolute Gasteiger partial charge is 0.340 e. The lowest BCUT2D eigenvalue weighted by Gasteiger charge is -2.53. The van der Waals surface area contributed by atoms with Crippen LogP contribution in [0.25, 0.3) is 0 Å². The van der Waals surface area contributed by atoms with E-state index in [0.29, 0.717) is 17.6 Å². The van der Waals surface area contributed by atoms with Crippen LogP contribution in [0.4, 0.5) is 0 Å². The van der Waals surface area contributed by atoms with Crippen LogP contribution < -0.4 is 5.32 Å². The van der Waals surface area contributed by atoms with E-state index in [2.05, 4.69) is 5.32 Å². The van der Waals surface area contributed by atoms with E-state index in [1.54, 1.807) is 44.2 Å². The zero-order valence-electron chi connectivity index (χ0n) is 24.6. The SMILES string of the molecule is COC[C@H]1OC(=O)/C(=C\N[C@@H](CO)[C@@H](O)c2ccccc2)C2=C(O)C(=O)C3=C([C@H](OC(C)=O)C[C@]4(C)C(=O)CC[C@@H]34)[C@]21C. The van der Waals surface area contributed by atoms with E-state index in [1.807, 2.05) is 0 Å². The molecule has 1 saturated carbocycles. The number of ketones is 2. The van der Waals surface area contributed by atoms with Gasteiger partial charge in [0.15, 0.2) is 5.76 Å². The summed E-state index contributed by atoms with van der Waals surface area (Å²) < 4.78 is 17.1. The van der Waals surface area contributed by atoms with Crippen LogP contribution in [0, 0.1) is 16.7 Å². The van der Waals surface area contributed by atoms with Crippen LogP contribution in [0.15, 0.2) is 64.6 Å². The second-order valence-corrected chi connectivity index (χ2v) is 12.0.